The zero-order valence-corrected chi connectivity index (χ0v) is 14.3. The number of thioether (sulfide) groups is 1. The van der Waals surface area contributed by atoms with Crippen molar-refractivity contribution in [3.05, 3.63) is 35.9 Å². The lowest BCUT2D eigenvalue weighted by atomic mass is 10.1. The number of nitrogens with one attached hydrogen (secondary N) is 1. The molecule has 0 spiro atoms. The van der Waals surface area contributed by atoms with E-state index in [-0.39, 0.29) is 18.1 Å². The highest BCUT2D eigenvalue weighted by Crippen LogP contribution is 2.12. The molecule has 1 aliphatic heterocycles. The molecule has 2 unspecified atom stereocenters. The molecule has 0 radical (unpaired) electrons. The van der Waals surface area contributed by atoms with Gasteiger partial charge in [0.25, 0.3) is 0 Å². The molecular weight excluding hydrogens is 296 g/mol. The third-order valence-corrected chi connectivity index (χ3v) is 4.54. The van der Waals surface area contributed by atoms with E-state index < -0.39 is 0 Å². The summed E-state index contributed by atoms with van der Waals surface area (Å²) in [5.74, 6) is 1.03. The minimum Gasteiger partial charge on any atom is -0.375 e. The lowest BCUT2D eigenvalue weighted by molar-refractivity contribution is -0.126. The Balaban J connectivity index is 1.77. The summed E-state index contributed by atoms with van der Waals surface area (Å²) in [5.41, 5.74) is 1.31. The summed E-state index contributed by atoms with van der Waals surface area (Å²) in [4.78, 5) is 14.4. The first-order valence-corrected chi connectivity index (χ1v) is 9.23. The SMILES string of the molecule is CSCC(C)NC(=O)CC1CN(Cc2ccccc2)CCO1. The molecule has 0 aromatic heterocycles. The molecule has 0 saturated carbocycles. The van der Waals surface area contributed by atoms with Crippen LogP contribution in [-0.4, -0.2) is 54.7 Å². The van der Waals surface area contributed by atoms with Gasteiger partial charge in [-0.2, -0.15) is 11.8 Å². The average Bonchev–Trinajstić information content (AvgIpc) is 2.48. The summed E-state index contributed by atoms with van der Waals surface area (Å²) < 4.78 is 5.75. The van der Waals surface area contributed by atoms with Gasteiger partial charge in [-0.15, -0.1) is 0 Å². The van der Waals surface area contributed by atoms with Crippen LogP contribution in [0.15, 0.2) is 30.3 Å². The lowest BCUT2D eigenvalue weighted by Gasteiger charge is -2.32. The first-order chi connectivity index (χ1) is 10.7. The van der Waals surface area contributed by atoms with Crippen LogP contribution in [0.3, 0.4) is 0 Å². The number of nitrogens with zero attached hydrogens (tertiary/aromatic N) is 1. The van der Waals surface area contributed by atoms with Gasteiger partial charge < -0.3 is 10.1 Å². The number of hydrogen-bond acceptors (Lipinski definition) is 4. The summed E-state index contributed by atoms with van der Waals surface area (Å²) in [6.07, 6.45) is 2.50. The molecule has 0 bridgehead atoms. The van der Waals surface area contributed by atoms with Crippen molar-refractivity contribution in [3.8, 4) is 0 Å². The molecule has 1 aliphatic rings. The van der Waals surface area contributed by atoms with Crippen LogP contribution < -0.4 is 5.32 Å². The third kappa shape index (κ3) is 5.99. The minimum atomic E-state index is -0.000980. The van der Waals surface area contributed by atoms with Gasteiger partial charge in [0.15, 0.2) is 0 Å². The maximum atomic E-state index is 12.0. The van der Waals surface area contributed by atoms with Gasteiger partial charge in [-0.25, -0.2) is 0 Å². The van der Waals surface area contributed by atoms with E-state index in [0.717, 1.165) is 25.4 Å². The summed E-state index contributed by atoms with van der Waals surface area (Å²) in [6.45, 7) is 5.41. The van der Waals surface area contributed by atoms with E-state index in [9.17, 15) is 4.79 Å². The molecule has 1 aromatic rings. The molecule has 1 saturated heterocycles. The predicted molar refractivity (Wildman–Crippen MR) is 92.1 cm³/mol. The van der Waals surface area contributed by atoms with Gasteiger partial charge >= 0.3 is 0 Å². The van der Waals surface area contributed by atoms with E-state index in [1.54, 1.807) is 11.8 Å². The van der Waals surface area contributed by atoms with E-state index >= 15 is 0 Å². The normalized spacial score (nSPS) is 20.5. The number of ether oxygens (including phenoxy) is 1. The van der Waals surface area contributed by atoms with Crippen molar-refractivity contribution < 1.29 is 9.53 Å². The first kappa shape index (κ1) is 17.3. The van der Waals surface area contributed by atoms with E-state index in [1.807, 2.05) is 19.2 Å². The van der Waals surface area contributed by atoms with Gasteiger partial charge in [0.1, 0.15) is 0 Å². The minimum absolute atomic E-state index is 0.000980. The number of rotatable bonds is 7. The second kappa shape index (κ2) is 9.18. The Kier molecular flexibility index (Phi) is 7.22. The smallest absolute Gasteiger partial charge is 0.222 e. The van der Waals surface area contributed by atoms with E-state index in [2.05, 4.69) is 34.5 Å². The van der Waals surface area contributed by atoms with Crippen molar-refractivity contribution in [2.45, 2.75) is 32.0 Å². The van der Waals surface area contributed by atoms with E-state index in [0.29, 0.717) is 13.0 Å². The number of hydrogen-bond donors (Lipinski definition) is 1. The number of morpholine rings is 1. The Morgan fingerprint density at radius 2 is 2.23 bits per heavy atom. The van der Waals surface area contributed by atoms with Gasteiger partial charge in [-0.05, 0) is 18.7 Å². The summed E-state index contributed by atoms with van der Waals surface area (Å²) in [6, 6.07) is 10.7. The Labute approximate surface area is 137 Å². The zero-order valence-electron chi connectivity index (χ0n) is 13.5. The Hall–Kier alpha value is -1.04. The molecule has 1 amide bonds. The second-order valence-electron chi connectivity index (χ2n) is 5.84. The first-order valence-electron chi connectivity index (χ1n) is 7.83. The molecule has 5 heteroatoms. The third-order valence-electron chi connectivity index (χ3n) is 3.71. The highest BCUT2D eigenvalue weighted by Gasteiger charge is 2.23. The van der Waals surface area contributed by atoms with Crippen molar-refractivity contribution in [2.24, 2.45) is 0 Å². The number of amides is 1. The van der Waals surface area contributed by atoms with Crippen LogP contribution >= 0.6 is 11.8 Å². The Bertz CT molecular complexity index is 455. The van der Waals surface area contributed by atoms with Gasteiger partial charge in [-0.1, -0.05) is 30.3 Å². The monoisotopic (exact) mass is 322 g/mol. The average molecular weight is 322 g/mol. The summed E-state index contributed by atoms with van der Waals surface area (Å²) in [5, 5.41) is 3.03. The fourth-order valence-corrected chi connectivity index (χ4v) is 3.30. The molecule has 2 atom stereocenters. The molecule has 2 rings (SSSR count). The van der Waals surface area contributed by atoms with Crippen LogP contribution in [0.1, 0.15) is 18.9 Å². The van der Waals surface area contributed by atoms with Gasteiger partial charge in [0.2, 0.25) is 5.91 Å². The fourth-order valence-electron chi connectivity index (χ4n) is 2.72. The molecule has 4 nitrogen and oxygen atoms in total. The van der Waals surface area contributed by atoms with Crippen LogP contribution in [0.2, 0.25) is 0 Å². The van der Waals surface area contributed by atoms with Gasteiger partial charge in [0, 0.05) is 31.4 Å². The molecule has 122 valence electrons. The topological polar surface area (TPSA) is 41.6 Å². The van der Waals surface area contributed by atoms with Gasteiger partial charge in [-0.3, -0.25) is 9.69 Å². The second-order valence-corrected chi connectivity index (χ2v) is 6.75. The maximum absolute atomic E-state index is 12.0. The summed E-state index contributed by atoms with van der Waals surface area (Å²) in [7, 11) is 0. The highest BCUT2D eigenvalue weighted by molar-refractivity contribution is 7.98. The van der Waals surface area contributed by atoms with E-state index in [1.165, 1.54) is 5.56 Å². The van der Waals surface area contributed by atoms with Crippen LogP contribution in [0.25, 0.3) is 0 Å². The van der Waals surface area contributed by atoms with Crippen LogP contribution in [0.5, 0.6) is 0 Å². The van der Waals surface area contributed by atoms with E-state index in [4.69, 9.17) is 4.74 Å². The lowest BCUT2D eigenvalue weighted by Crippen LogP contribution is -2.45. The van der Waals surface area contributed by atoms with Crippen molar-refractivity contribution in [2.75, 3.05) is 31.7 Å². The standard InChI is InChI=1S/C17H26N2O2S/c1-14(13-22-2)18-17(20)10-16-12-19(8-9-21-16)11-15-6-4-3-5-7-15/h3-7,14,16H,8-13H2,1-2H3,(H,18,20). The molecule has 1 aromatic carbocycles. The zero-order chi connectivity index (χ0) is 15.8. The molecule has 1 heterocycles. The van der Waals surface area contributed by atoms with Gasteiger partial charge in [0.05, 0.1) is 19.1 Å². The van der Waals surface area contributed by atoms with Crippen molar-refractivity contribution in [1.29, 1.82) is 0 Å². The molecule has 1 fully saturated rings. The van der Waals surface area contributed by atoms with Crippen LogP contribution in [-0.2, 0) is 16.1 Å². The quantitative estimate of drug-likeness (QED) is 0.835. The number of carbonyl (C=O) groups is 1. The molecular formula is C17H26N2O2S. The Morgan fingerprint density at radius 3 is 2.95 bits per heavy atom. The number of carbonyl (C=O) groups excluding carboxylic acids is 1. The Morgan fingerprint density at radius 1 is 1.45 bits per heavy atom. The fraction of sp³-hybridized carbons (Fsp3) is 0.588. The van der Waals surface area contributed by atoms with Crippen molar-refractivity contribution in [3.63, 3.8) is 0 Å². The van der Waals surface area contributed by atoms with Crippen LogP contribution in [0.4, 0.5) is 0 Å². The maximum Gasteiger partial charge on any atom is 0.222 e. The summed E-state index contributed by atoms with van der Waals surface area (Å²) >= 11 is 1.75. The highest BCUT2D eigenvalue weighted by atomic mass is 32.2. The molecule has 1 N–H and O–H groups in total. The largest absolute Gasteiger partial charge is 0.375 e. The van der Waals surface area contributed by atoms with Crippen molar-refractivity contribution >= 4 is 17.7 Å². The molecule has 22 heavy (non-hydrogen) atoms. The molecule has 0 aliphatic carbocycles. The predicted octanol–water partition coefficient (Wildman–Crippen LogP) is 2.15. The van der Waals surface area contributed by atoms with Crippen molar-refractivity contribution in [1.82, 2.24) is 10.2 Å². The number of benzene rings is 1. The van der Waals surface area contributed by atoms with Crippen LogP contribution in [0, 0.1) is 0 Å².